The van der Waals surface area contributed by atoms with Gasteiger partial charge in [0.05, 0.1) is 19.3 Å². The van der Waals surface area contributed by atoms with Crippen molar-refractivity contribution in [1.29, 1.82) is 0 Å². The third kappa shape index (κ3) is 2.70. The maximum Gasteiger partial charge on any atom is 0.119 e. The Kier molecular flexibility index (Phi) is 4.12. The molecule has 15 heavy (non-hydrogen) atoms. The van der Waals surface area contributed by atoms with Gasteiger partial charge < -0.3 is 15.6 Å². The van der Waals surface area contributed by atoms with E-state index in [1.54, 1.807) is 7.11 Å². The summed E-state index contributed by atoms with van der Waals surface area (Å²) < 4.78 is 5.11. The number of ether oxygens (including phenoxy) is 1. The molecular formula is C12H19NO2. The van der Waals surface area contributed by atoms with Crippen molar-refractivity contribution >= 4 is 0 Å². The molecule has 0 saturated carbocycles. The molecule has 0 aliphatic rings. The van der Waals surface area contributed by atoms with E-state index in [0.29, 0.717) is 6.42 Å². The Morgan fingerprint density at radius 1 is 1.47 bits per heavy atom. The Bertz CT molecular complexity index is 325. The minimum atomic E-state index is -0.489. The van der Waals surface area contributed by atoms with Crippen molar-refractivity contribution in [2.45, 2.75) is 32.4 Å². The first kappa shape index (κ1) is 12.0. The first-order valence-electron chi connectivity index (χ1n) is 5.18. The summed E-state index contributed by atoms with van der Waals surface area (Å²) in [5.74, 6) is 0.814. The van der Waals surface area contributed by atoms with E-state index in [-0.39, 0.29) is 6.04 Å². The average Bonchev–Trinajstić information content (AvgIpc) is 2.26. The van der Waals surface area contributed by atoms with E-state index in [2.05, 4.69) is 0 Å². The molecule has 0 radical (unpaired) electrons. The first-order chi connectivity index (χ1) is 7.10. The van der Waals surface area contributed by atoms with Crippen LogP contribution in [0, 0.1) is 6.92 Å². The summed E-state index contributed by atoms with van der Waals surface area (Å²) in [6.07, 6.45) is 0.171. The van der Waals surface area contributed by atoms with Crippen LogP contribution < -0.4 is 10.5 Å². The molecule has 0 aromatic heterocycles. The summed E-state index contributed by atoms with van der Waals surface area (Å²) in [5.41, 5.74) is 7.98. The molecule has 3 heteroatoms. The largest absolute Gasteiger partial charge is 0.497 e. The van der Waals surface area contributed by atoms with Crippen LogP contribution in [0.15, 0.2) is 18.2 Å². The highest BCUT2D eigenvalue weighted by atomic mass is 16.5. The van der Waals surface area contributed by atoms with Gasteiger partial charge in [-0.2, -0.15) is 0 Å². The summed E-state index contributed by atoms with van der Waals surface area (Å²) in [7, 11) is 1.63. The molecule has 2 atom stereocenters. The van der Waals surface area contributed by atoms with Crippen LogP contribution in [0.25, 0.3) is 0 Å². The Balaban J connectivity index is 2.95. The molecule has 0 aliphatic carbocycles. The molecule has 0 aliphatic heterocycles. The summed E-state index contributed by atoms with van der Waals surface area (Å²) >= 11 is 0. The van der Waals surface area contributed by atoms with E-state index in [9.17, 15) is 5.11 Å². The third-order valence-electron chi connectivity index (χ3n) is 2.67. The van der Waals surface area contributed by atoms with Gasteiger partial charge in [-0.15, -0.1) is 0 Å². The molecule has 0 fully saturated rings. The lowest BCUT2D eigenvalue weighted by atomic mass is 9.96. The normalized spacial score (nSPS) is 14.7. The summed E-state index contributed by atoms with van der Waals surface area (Å²) in [6, 6.07) is 5.39. The Morgan fingerprint density at radius 3 is 2.60 bits per heavy atom. The fraction of sp³-hybridized carbons (Fsp3) is 0.500. The van der Waals surface area contributed by atoms with Crippen molar-refractivity contribution in [1.82, 2.24) is 0 Å². The van der Waals surface area contributed by atoms with Crippen LogP contribution >= 0.6 is 0 Å². The molecular weight excluding hydrogens is 190 g/mol. The van der Waals surface area contributed by atoms with E-state index < -0.39 is 6.10 Å². The first-order valence-corrected chi connectivity index (χ1v) is 5.18. The van der Waals surface area contributed by atoms with Crippen molar-refractivity contribution in [3.05, 3.63) is 29.3 Å². The monoisotopic (exact) mass is 209 g/mol. The molecule has 0 unspecified atom stereocenters. The highest BCUT2D eigenvalue weighted by Crippen LogP contribution is 2.23. The number of benzene rings is 1. The summed E-state index contributed by atoms with van der Waals surface area (Å²) in [4.78, 5) is 0. The van der Waals surface area contributed by atoms with Gasteiger partial charge in [0.25, 0.3) is 0 Å². The predicted octanol–water partition coefficient (Wildman–Crippen LogP) is 1.77. The molecule has 0 heterocycles. The topological polar surface area (TPSA) is 55.5 Å². The fourth-order valence-electron chi connectivity index (χ4n) is 1.61. The summed E-state index contributed by atoms with van der Waals surface area (Å²) in [6.45, 7) is 3.89. The number of rotatable bonds is 4. The van der Waals surface area contributed by atoms with E-state index in [0.717, 1.165) is 16.9 Å². The van der Waals surface area contributed by atoms with E-state index in [1.807, 2.05) is 32.0 Å². The number of hydrogen-bond donors (Lipinski definition) is 2. The minimum Gasteiger partial charge on any atom is -0.497 e. The summed E-state index contributed by atoms with van der Waals surface area (Å²) in [5, 5.41) is 9.67. The zero-order valence-corrected chi connectivity index (χ0v) is 9.53. The minimum absolute atomic E-state index is 0.319. The number of aliphatic hydroxyl groups is 1. The highest BCUT2D eigenvalue weighted by molar-refractivity contribution is 5.36. The standard InChI is InChI=1S/C12H19NO2/c1-4-11(14)12(13)10-6-5-9(15-3)7-8(10)2/h5-7,11-12,14H,4,13H2,1-3H3/t11-,12+/m1/s1. The van der Waals surface area contributed by atoms with Crippen molar-refractivity contribution in [2.75, 3.05) is 7.11 Å². The van der Waals surface area contributed by atoms with Crippen LogP contribution in [-0.4, -0.2) is 18.3 Å². The van der Waals surface area contributed by atoms with Crippen molar-refractivity contribution in [3.63, 3.8) is 0 Å². The van der Waals surface area contributed by atoms with E-state index >= 15 is 0 Å². The van der Waals surface area contributed by atoms with Gasteiger partial charge in [0.2, 0.25) is 0 Å². The van der Waals surface area contributed by atoms with Crippen LogP contribution in [0.1, 0.15) is 30.5 Å². The van der Waals surface area contributed by atoms with Gasteiger partial charge in [-0.25, -0.2) is 0 Å². The van der Waals surface area contributed by atoms with Gasteiger partial charge >= 0.3 is 0 Å². The Hall–Kier alpha value is -1.06. The van der Waals surface area contributed by atoms with Crippen molar-refractivity contribution in [3.8, 4) is 5.75 Å². The van der Waals surface area contributed by atoms with Gasteiger partial charge in [0.1, 0.15) is 5.75 Å². The second kappa shape index (κ2) is 5.14. The van der Waals surface area contributed by atoms with Gasteiger partial charge in [0.15, 0.2) is 0 Å². The Morgan fingerprint density at radius 2 is 2.13 bits per heavy atom. The molecule has 0 saturated heterocycles. The molecule has 3 nitrogen and oxygen atoms in total. The fourth-order valence-corrected chi connectivity index (χ4v) is 1.61. The Labute approximate surface area is 90.9 Å². The van der Waals surface area contributed by atoms with Crippen LogP contribution in [-0.2, 0) is 0 Å². The van der Waals surface area contributed by atoms with Crippen molar-refractivity contribution in [2.24, 2.45) is 5.73 Å². The third-order valence-corrected chi connectivity index (χ3v) is 2.67. The smallest absolute Gasteiger partial charge is 0.119 e. The lowest BCUT2D eigenvalue weighted by molar-refractivity contribution is 0.140. The quantitative estimate of drug-likeness (QED) is 0.794. The SMILES string of the molecule is CC[C@@H](O)[C@@H](N)c1ccc(OC)cc1C. The second-order valence-corrected chi connectivity index (χ2v) is 3.72. The number of methoxy groups -OCH3 is 1. The van der Waals surface area contributed by atoms with Crippen LogP contribution in [0.5, 0.6) is 5.75 Å². The maximum atomic E-state index is 9.67. The van der Waals surface area contributed by atoms with E-state index in [1.165, 1.54) is 0 Å². The maximum absolute atomic E-state index is 9.67. The molecule has 1 aromatic carbocycles. The van der Waals surface area contributed by atoms with Gasteiger partial charge in [-0.05, 0) is 36.6 Å². The molecule has 0 spiro atoms. The average molecular weight is 209 g/mol. The molecule has 0 bridgehead atoms. The number of hydrogen-bond acceptors (Lipinski definition) is 3. The molecule has 3 N–H and O–H groups in total. The highest BCUT2D eigenvalue weighted by Gasteiger charge is 2.16. The predicted molar refractivity (Wildman–Crippen MR) is 61.0 cm³/mol. The van der Waals surface area contributed by atoms with Crippen LogP contribution in [0.4, 0.5) is 0 Å². The molecule has 0 amide bonds. The lowest BCUT2D eigenvalue weighted by Gasteiger charge is -2.20. The number of aryl methyl sites for hydroxylation is 1. The van der Waals surface area contributed by atoms with Gasteiger partial charge in [-0.3, -0.25) is 0 Å². The van der Waals surface area contributed by atoms with E-state index in [4.69, 9.17) is 10.5 Å². The lowest BCUT2D eigenvalue weighted by Crippen LogP contribution is -2.26. The molecule has 1 aromatic rings. The molecule has 1 rings (SSSR count). The number of nitrogens with two attached hydrogens (primary N) is 1. The van der Waals surface area contributed by atoms with Gasteiger partial charge in [-0.1, -0.05) is 13.0 Å². The zero-order valence-electron chi connectivity index (χ0n) is 9.53. The number of aliphatic hydroxyl groups excluding tert-OH is 1. The molecule has 84 valence electrons. The zero-order chi connectivity index (χ0) is 11.4. The second-order valence-electron chi connectivity index (χ2n) is 3.72. The van der Waals surface area contributed by atoms with Crippen molar-refractivity contribution < 1.29 is 9.84 Å². The van der Waals surface area contributed by atoms with Crippen LogP contribution in [0.3, 0.4) is 0 Å². The van der Waals surface area contributed by atoms with Gasteiger partial charge in [0, 0.05) is 0 Å². The van der Waals surface area contributed by atoms with Crippen LogP contribution in [0.2, 0.25) is 0 Å².